The number of hydrogen-bond donors (Lipinski definition) is 1. The van der Waals surface area contributed by atoms with E-state index < -0.39 is 0 Å². The first kappa shape index (κ1) is 15.9. The molecular formula is C16H24BrFN2. The van der Waals surface area contributed by atoms with Crippen LogP contribution in [0.25, 0.3) is 0 Å². The zero-order valence-electron chi connectivity index (χ0n) is 12.2. The van der Waals surface area contributed by atoms with Gasteiger partial charge in [-0.2, -0.15) is 0 Å². The highest BCUT2D eigenvalue weighted by atomic mass is 79.9. The van der Waals surface area contributed by atoms with Crippen LogP contribution in [-0.2, 0) is 0 Å². The quantitative estimate of drug-likeness (QED) is 0.782. The van der Waals surface area contributed by atoms with Crippen molar-refractivity contribution in [3.63, 3.8) is 0 Å². The summed E-state index contributed by atoms with van der Waals surface area (Å²) < 4.78 is 14.0. The summed E-state index contributed by atoms with van der Waals surface area (Å²) in [6, 6.07) is 5.89. The molecule has 0 radical (unpaired) electrons. The van der Waals surface area contributed by atoms with Crippen molar-refractivity contribution in [1.29, 1.82) is 0 Å². The first-order chi connectivity index (χ1) is 9.72. The molecule has 0 amide bonds. The van der Waals surface area contributed by atoms with Crippen LogP contribution in [-0.4, -0.2) is 31.1 Å². The maximum atomic E-state index is 13.4. The minimum absolute atomic E-state index is 0.179. The van der Waals surface area contributed by atoms with Gasteiger partial charge in [0.25, 0.3) is 0 Å². The molecule has 4 heteroatoms. The summed E-state index contributed by atoms with van der Waals surface area (Å²) in [7, 11) is 0. The smallest absolute Gasteiger partial charge is 0.137 e. The van der Waals surface area contributed by atoms with E-state index in [1.54, 1.807) is 6.07 Å². The van der Waals surface area contributed by atoms with Gasteiger partial charge < -0.3 is 5.32 Å². The molecule has 0 aliphatic carbocycles. The van der Waals surface area contributed by atoms with Crippen LogP contribution in [0.4, 0.5) is 4.39 Å². The molecule has 1 atom stereocenters. The largest absolute Gasteiger partial charge is 0.314 e. The lowest BCUT2D eigenvalue weighted by molar-refractivity contribution is 0.162. The molecule has 112 valence electrons. The van der Waals surface area contributed by atoms with Gasteiger partial charge in [-0.05, 0) is 40.0 Å². The van der Waals surface area contributed by atoms with Crippen molar-refractivity contribution < 1.29 is 4.39 Å². The maximum absolute atomic E-state index is 13.4. The summed E-state index contributed by atoms with van der Waals surface area (Å²) in [5, 5.41) is 3.40. The molecule has 1 aliphatic rings. The Labute approximate surface area is 129 Å². The van der Waals surface area contributed by atoms with Crippen LogP contribution in [0.15, 0.2) is 22.7 Å². The fourth-order valence-corrected chi connectivity index (χ4v) is 3.26. The Morgan fingerprint density at radius 2 is 2.05 bits per heavy atom. The van der Waals surface area contributed by atoms with Crippen molar-refractivity contribution >= 4 is 15.9 Å². The molecule has 0 spiro atoms. The third kappa shape index (κ3) is 4.27. The van der Waals surface area contributed by atoms with E-state index in [9.17, 15) is 4.39 Å². The van der Waals surface area contributed by atoms with Crippen molar-refractivity contribution in [2.45, 2.75) is 38.6 Å². The van der Waals surface area contributed by atoms with E-state index in [0.717, 1.165) is 32.6 Å². The number of nitrogens with zero attached hydrogens (tertiary/aromatic N) is 1. The van der Waals surface area contributed by atoms with Gasteiger partial charge in [-0.1, -0.05) is 32.3 Å². The lowest BCUT2D eigenvalue weighted by Gasteiger charge is -2.35. The molecule has 1 N–H and O–H groups in total. The number of piperazine rings is 1. The minimum atomic E-state index is -0.179. The van der Waals surface area contributed by atoms with Crippen LogP contribution in [0.2, 0.25) is 0 Å². The summed E-state index contributed by atoms with van der Waals surface area (Å²) in [5.74, 6) is -0.179. The topological polar surface area (TPSA) is 15.3 Å². The van der Waals surface area contributed by atoms with E-state index in [-0.39, 0.29) is 5.82 Å². The van der Waals surface area contributed by atoms with Crippen LogP contribution in [0.1, 0.15) is 44.2 Å². The molecule has 0 unspecified atom stereocenters. The van der Waals surface area contributed by atoms with E-state index in [1.165, 1.54) is 24.8 Å². The SMILES string of the molecule is CCCCC[C@@H](c1ccc(F)c(Br)c1)N1CCNCC1. The summed E-state index contributed by atoms with van der Waals surface area (Å²) in [5.41, 5.74) is 1.23. The molecule has 1 saturated heterocycles. The highest BCUT2D eigenvalue weighted by Crippen LogP contribution is 2.29. The first-order valence-electron chi connectivity index (χ1n) is 7.62. The number of halogens is 2. The van der Waals surface area contributed by atoms with Gasteiger partial charge in [0, 0.05) is 32.2 Å². The van der Waals surface area contributed by atoms with Gasteiger partial charge in [0.2, 0.25) is 0 Å². The van der Waals surface area contributed by atoms with E-state index in [4.69, 9.17) is 0 Å². The van der Waals surface area contributed by atoms with Gasteiger partial charge in [0.05, 0.1) is 4.47 Å². The Bertz CT molecular complexity index is 419. The normalized spacial score (nSPS) is 18.1. The van der Waals surface area contributed by atoms with Gasteiger partial charge in [-0.15, -0.1) is 0 Å². The Morgan fingerprint density at radius 1 is 1.30 bits per heavy atom. The Morgan fingerprint density at radius 3 is 2.70 bits per heavy atom. The zero-order valence-corrected chi connectivity index (χ0v) is 13.8. The maximum Gasteiger partial charge on any atom is 0.137 e. The predicted octanol–water partition coefficient (Wildman–Crippen LogP) is 4.11. The molecule has 20 heavy (non-hydrogen) atoms. The Hall–Kier alpha value is -0.450. The highest BCUT2D eigenvalue weighted by molar-refractivity contribution is 9.10. The van der Waals surface area contributed by atoms with Gasteiger partial charge >= 0.3 is 0 Å². The molecule has 1 aromatic rings. The highest BCUT2D eigenvalue weighted by Gasteiger charge is 2.22. The summed E-state index contributed by atoms with van der Waals surface area (Å²) in [6.07, 6.45) is 4.90. The van der Waals surface area contributed by atoms with E-state index >= 15 is 0 Å². The van der Waals surface area contributed by atoms with Crippen LogP contribution in [0.3, 0.4) is 0 Å². The second-order valence-corrected chi connectivity index (χ2v) is 6.33. The number of benzene rings is 1. The standard InChI is InChI=1S/C16H24BrFN2/c1-2-3-4-5-16(20-10-8-19-9-11-20)13-6-7-15(18)14(17)12-13/h6-7,12,16,19H,2-5,8-11H2,1H3/t16-/m0/s1. The van der Waals surface area contributed by atoms with Crippen LogP contribution in [0.5, 0.6) is 0 Å². The van der Waals surface area contributed by atoms with E-state index in [0.29, 0.717) is 10.5 Å². The van der Waals surface area contributed by atoms with Gasteiger partial charge in [-0.25, -0.2) is 4.39 Å². The molecule has 2 nitrogen and oxygen atoms in total. The summed E-state index contributed by atoms with van der Waals surface area (Å²) in [6.45, 7) is 6.48. The zero-order chi connectivity index (χ0) is 14.4. The van der Waals surface area contributed by atoms with Crippen molar-refractivity contribution in [3.8, 4) is 0 Å². The lowest BCUT2D eigenvalue weighted by Crippen LogP contribution is -2.45. The molecule has 1 aromatic carbocycles. The monoisotopic (exact) mass is 342 g/mol. The van der Waals surface area contributed by atoms with E-state index in [1.807, 2.05) is 12.1 Å². The van der Waals surface area contributed by atoms with Gasteiger partial charge in [0.15, 0.2) is 0 Å². The molecule has 2 rings (SSSR count). The second-order valence-electron chi connectivity index (χ2n) is 5.47. The third-order valence-electron chi connectivity index (χ3n) is 4.00. The number of hydrogen-bond acceptors (Lipinski definition) is 2. The molecule has 1 fully saturated rings. The van der Waals surface area contributed by atoms with Crippen LogP contribution in [0, 0.1) is 5.82 Å². The molecule has 1 heterocycles. The summed E-state index contributed by atoms with van der Waals surface area (Å²) in [4.78, 5) is 2.53. The first-order valence-corrected chi connectivity index (χ1v) is 8.41. The number of unbranched alkanes of at least 4 members (excludes halogenated alkanes) is 2. The molecular weight excluding hydrogens is 319 g/mol. The Balaban J connectivity index is 2.12. The van der Waals surface area contributed by atoms with Crippen molar-refractivity contribution in [2.24, 2.45) is 0 Å². The molecule has 0 bridgehead atoms. The van der Waals surface area contributed by atoms with Gasteiger partial charge in [0.1, 0.15) is 5.82 Å². The summed E-state index contributed by atoms with van der Waals surface area (Å²) >= 11 is 3.31. The van der Waals surface area contributed by atoms with Crippen molar-refractivity contribution in [3.05, 3.63) is 34.1 Å². The second kappa shape index (κ2) is 8.11. The van der Waals surface area contributed by atoms with Crippen molar-refractivity contribution in [2.75, 3.05) is 26.2 Å². The van der Waals surface area contributed by atoms with Crippen LogP contribution < -0.4 is 5.32 Å². The minimum Gasteiger partial charge on any atom is -0.314 e. The van der Waals surface area contributed by atoms with Crippen LogP contribution >= 0.6 is 15.9 Å². The number of rotatable bonds is 6. The Kier molecular flexibility index (Phi) is 6.46. The van der Waals surface area contributed by atoms with E-state index in [2.05, 4.69) is 33.1 Å². The predicted molar refractivity (Wildman–Crippen MR) is 85.4 cm³/mol. The fourth-order valence-electron chi connectivity index (χ4n) is 2.86. The number of nitrogens with one attached hydrogen (secondary N) is 1. The molecule has 0 aromatic heterocycles. The average Bonchev–Trinajstić information content (AvgIpc) is 2.48. The van der Waals surface area contributed by atoms with Gasteiger partial charge in [-0.3, -0.25) is 4.90 Å². The van der Waals surface area contributed by atoms with Crippen molar-refractivity contribution in [1.82, 2.24) is 10.2 Å². The molecule has 0 saturated carbocycles. The third-order valence-corrected chi connectivity index (χ3v) is 4.61. The lowest BCUT2D eigenvalue weighted by atomic mass is 9.98. The molecule has 1 aliphatic heterocycles. The fraction of sp³-hybridized carbons (Fsp3) is 0.625. The average molecular weight is 343 g/mol.